The number of carbonyl (C=O) groups excluding carboxylic acids is 2. The number of aromatic hydroxyl groups is 1. The van der Waals surface area contributed by atoms with Crippen molar-refractivity contribution in [3.63, 3.8) is 0 Å². The number of hydrogen-bond acceptors (Lipinski definition) is 5. The molecule has 3 aromatic rings. The molecule has 156 valence electrons. The van der Waals surface area contributed by atoms with E-state index in [4.69, 9.17) is 4.74 Å². The Morgan fingerprint density at radius 1 is 0.968 bits per heavy atom. The highest BCUT2D eigenvalue weighted by Gasteiger charge is 2.47. The molecule has 1 amide bonds. The number of ether oxygens (including phenoxy) is 1. The van der Waals surface area contributed by atoms with E-state index in [1.807, 2.05) is 13.0 Å². The normalized spacial score (nSPS) is 17.7. The van der Waals surface area contributed by atoms with Crippen molar-refractivity contribution in [2.75, 3.05) is 12.0 Å². The van der Waals surface area contributed by atoms with Crippen LogP contribution >= 0.6 is 0 Å². The first-order chi connectivity index (χ1) is 14.9. The minimum atomic E-state index is -0.892. The lowest BCUT2D eigenvalue weighted by atomic mass is 9.94. The number of phenols is 1. The number of phenolic OH excluding ortho intramolecular Hbond substituents is 1. The number of rotatable bonds is 4. The molecule has 1 aliphatic rings. The average Bonchev–Trinajstić information content (AvgIpc) is 3.05. The second kappa shape index (κ2) is 7.99. The lowest BCUT2D eigenvalue weighted by Crippen LogP contribution is -2.29. The van der Waals surface area contributed by atoms with Crippen molar-refractivity contribution in [3.8, 4) is 11.5 Å². The molecule has 0 bridgehead atoms. The first-order valence-electron chi connectivity index (χ1n) is 9.72. The van der Waals surface area contributed by atoms with Gasteiger partial charge < -0.3 is 14.9 Å². The van der Waals surface area contributed by atoms with Gasteiger partial charge >= 0.3 is 0 Å². The Morgan fingerprint density at radius 2 is 1.71 bits per heavy atom. The number of aliphatic hydroxyl groups excluding tert-OH is 1. The van der Waals surface area contributed by atoms with Crippen LogP contribution in [-0.4, -0.2) is 29.0 Å². The molecular formula is C25H21NO5. The third-order valence-corrected chi connectivity index (χ3v) is 5.29. The van der Waals surface area contributed by atoms with E-state index in [2.05, 4.69) is 0 Å². The largest absolute Gasteiger partial charge is 0.507 e. The van der Waals surface area contributed by atoms with Gasteiger partial charge in [0.2, 0.25) is 0 Å². The standard InChI is InChI=1S/C25H21NO5/c1-15-7-6-10-18(13-15)26-22(17-11-12-19(27)20(14-17)31-2)21(24(29)25(26)30)23(28)16-8-4-3-5-9-16/h3-14,22,27-28H,1-2H3/t22-/m1/s1. The number of hydrogen-bond donors (Lipinski definition) is 2. The molecule has 0 aromatic heterocycles. The molecule has 31 heavy (non-hydrogen) atoms. The fourth-order valence-electron chi connectivity index (χ4n) is 3.81. The summed E-state index contributed by atoms with van der Waals surface area (Å²) in [6, 6.07) is 19.6. The van der Waals surface area contributed by atoms with Crippen molar-refractivity contribution in [3.05, 3.63) is 95.1 Å². The van der Waals surface area contributed by atoms with E-state index >= 15 is 0 Å². The predicted octanol–water partition coefficient (Wildman–Crippen LogP) is 4.34. The highest BCUT2D eigenvalue weighted by molar-refractivity contribution is 6.51. The monoisotopic (exact) mass is 415 g/mol. The van der Waals surface area contributed by atoms with E-state index in [0.29, 0.717) is 16.8 Å². The molecule has 1 aliphatic heterocycles. The number of aliphatic hydroxyl groups is 1. The number of Topliss-reactive ketones (excluding diaryl/α,β-unsaturated/α-hetero) is 1. The van der Waals surface area contributed by atoms with Gasteiger partial charge in [-0.25, -0.2) is 0 Å². The Hall–Kier alpha value is -4.06. The topological polar surface area (TPSA) is 87.1 Å². The van der Waals surface area contributed by atoms with Gasteiger partial charge in [0.15, 0.2) is 11.5 Å². The summed E-state index contributed by atoms with van der Waals surface area (Å²) in [4.78, 5) is 27.6. The number of nitrogens with zero attached hydrogens (tertiary/aromatic N) is 1. The van der Waals surface area contributed by atoms with Crippen LogP contribution in [-0.2, 0) is 9.59 Å². The molecule has 2 N–H and O–H groups in total. The smallest absolute Gasteiger partial charge is 0.300 e. The van der Waals surface area contributed by atoms with Crippen molar-refractivity contribution in [1.29, 1.82) is 0 Å². The molecule has 0 unspecified atom stereocenters. The summed E-state index contributed by atoms with van der Waals surface area (Å²) in [6.07, 6.45) is 0. The molecule has 1 saturated heterocycles. The van der Waals surface area contributed by atoms with Gasteiger partial charge in [-0.2, -0.15) is 0 Å². The zero-order valence-electron chi connectivity index (χ0n) is 17.1. The van der Waals surface area contributed by atoms with Crippen LogP contribution in [0.1, 0.15) is 22.7 Å². The number of anilines is 1. The minimum absolute atomic E-state index is 0.0227. The van der Waals surface area contributed by atoms with Gasteiger partial charge in [-0.3, -0.25) is 14.5 Å². The van der Waals surface area contributed by atoms with Crippen LogP contribution in [0, 0.1) is 6.92 Å². The van der Waals surface area contributed by atoms with Crippen LogP contribution in [0.2, 0.25) is 0 Å². The average molecular weight is 415 g/mol. The fourth-order valence-corrected chi connectivity index (χ4v) is 3.81. The van der Waals surface area contributed by atoms with Crippen molar-refractivity contribution < 1.29 is 24.5 Å². The van der Waals surface area contributed by atoms with Crippen LogP contribution in [0.15, 0.2) is 78.4 Å². The molecule has 0 saturated carbocycles. The number of benzene rings is 3. The molecule has 1 heterocycles. The summed E-state index contributed by atoms with van der Waals surface area (Å²) in [6.45, 7) is 1.89. The van der Waals surface area contributed by atoms with Gasteiger partial charge in [0.05, 0.1) is 18.7 Å². The minimum Gasteiger partial charge on any atom is -0.507 e. The van der Waals surface area contributed by atoms with Gasteiger partial charge in [-0.1, -0.05) is 48.5 Å². The van der Waals surface area contributed by atoms with Crippen molar-refractivity contribution in [2.24, 2.45) is 0 Å². The molecule has 0 aliphatic carbocycles. The number of ketones is 1. The number of methoxy groups -OCH3 is 1. The molecular weight excluding hydrogens is 394 g/mol. The number of carbonyl (C=O) groups is 2. The Morgan fingerprint density at radius 3 is 2.39 bits per heavy atom. The lowest BCUT2D eigenvalue weighted by molar-refractivity contribution is -0.132. The Labute approximate surface area is 179 Å². The third-order valence-electron chi connectivity index (χ3n) is 5.29. The fraction of sp³-hybridized carbons (Fsp3) is 0.120. The lowest BCUT2D eigenvalue weighted by Gasteiger charge is -2.26. The van der Waals surface area contributed by atoms with E-state index < -0.39 is 17.7 Å². The van der Waals surface area contributed by atoms with Crippen LogP contribution < -0.4 is 9.64 Å². The highest BCUT2D eigenvalue weighted by Crippen LogP contribution is 2.44. The molecule has 1 fully saturated rings. The van der Waals surface area contributed by atoms with E-state index in [1.54, 1.807) is 60.7 Å². The maximum Gasteiger partial charge on any atom is 0.300 e. The summed E-state index contributed by atoms with van der Waals surface area (Å²) >= 11 is 0. The van der Waals surface area contributed by atoms with Crippen molar-refractivity contribution in [1.82, 2.24) is 0 Å². The van der Waals surface area contributed by atoms with Gasteiger partial charge in [0.1, 0.15) is 5.76 Å². The quantitative estimate of drug-likeness (QED) is 0.376. The summed E-state index contributed by atoms with van der Waals surface area (Å²) < 4.78 is 5.22. The zero-order valence-corrected chi connectivity index (χ0v) is 17.1. The van der Waals surface area contributed by atoms with Gasteiger partial charge in [0, 0.05) is 11.3 Å². The molecule has 4 rings (SSSR count). The summed E-state index contributed by atoms with van der Waals surface area (Å²) in [7, 11) is 1.42. The highest BCUT2D eigenvalue weighted by atomic mass is 16.5. The summed E-state index contributed by atoms with van der Waals surface area (Å²) in [5, 5.41) is 21.1. The summed E-state index contributed by atoms with van der Waals surface area (Å²) in [5.41, 5.74) is 2.38. The van der Waals surface area contributed by atoms with E-state index in [9.17, 15) is 19.8 Å². The number of aryl methyl sites for hydroxylation is 1. The Bertz CT molecular complexity index is 1200. The second-order valence-electron chi connectivity index (χ2n) is 7.31. The van der Waals surface area contributed by atoms with E-state index in [0.717, 1.165) is 5.56 Å². The predicted molar refractivity (Wildman–Crippen MR) is 117 cm³/mol. The maximum absolute atomic E-state index is 13.1. The Balaban J connectivity index is 1.98. The van der Waals surface area contributed by atoms with Crippen LogP contribution in [0.25, 0.3) is 5.76 Å². The molecule has 0 radical (unpaired) electrons. The van der Waals surface area contributed by atoms with E-state index in [-0.39, 0.29) is 22.8 Å². The third kappa shape index (κ3) is 3.53. The van der Waals surface area contributed by atoms with Crippen LogP contribution in [0.4, 0.5) is 5.69 Å². The maximum atomic E-state index is 13.1. The van der Waals surface area contributed by atoms with Gasteiger partial charge in [0.25, 0.3) is 11.7 Å². The van der Waals surface area contributed by atoms with Crippen LogP contribution in [0.3, 0.4) is 0 Å². The summed E-state index contributed by atoms with van der Waals surface area (Å²) in [5.74, 6) is -1.64. The van der Waals surface area contributed by atoms with Crippen molar-refractivity contribution >= 4 is 23.1 Å². The molecule has 0 spiro atoms. The first-order valence-corrected chi connectivity index (χ1v) is 9.72. The first kappa shape index (κ1) is 20.2. The van der Waals surface area contributed by atoms with E-state index in [1.165, 1.54) is 18.1 Å². The van der Waals surface area contributed by atoms with Gasteiger partial charge in [-0.15, -0.1) is 0 Å². The Kier molecular flexibility index (Phi) is 5.21. The molecule has 1 atom stereocenters. The SMILES string of the molecule is COc1cc([C@@H]2C(=C(O)c3ccccc3)C(=O)C(=O)N2c2cccc(C)c2)ccc1O. The van der Waals surface area contributed by atoms with Crippen molar-refractivity contribution in [2.45, 2.75) is 13.0 Å². The second-order valence-corrected chi connectivity index (χ2v) is 7.31. The molecule has 6 heteroatoms. The van der Waals surface area contributed by atoms with Gasteiger partial charge in [-0.05, 0) is 42.3 Å². The van der Waals surface area contributed by atoms with Crippen LogP contribution in [0.5, 0.6) is 11.5 Å². The molecule has 3 aromatic carbocycles. The zero-order chi connectivity index (χ0) is 22.1. The number of amides is 1. The molecule has 6 nitrogen and oxygen atoms in total.